The van der Waals surface area contributed by atoms with E-state index in [2.05, 4.69) is 41.5 Å². The van der Waals surface area contributed by atoms with E-state index in [9.17, 15) is 4.79 Å². The van der Waals surface area contributed by atoms with Crippen molar-refractivity contribution in [3.05, 3.63) is 0 Å². The van der Waals surface area contributed by atoms with E-state index >= 15 is 0 Å². The van der Waals surface area contributed by atoms with Gasteiger partial charge in [-0.05, 0) is 37.5 Å². The van der Waals surface area contributed by atoms with Crippen LogP contribution in [0.1, 0.15) is 144 Å². The second-order valence-electron chi connectivity index (χ2n) is 10.1. The van der Waals surface area contributed by atoms with E-state index in [1.807, 2.05) is 0 Å². The number of carbonyl (C=O) groups is 1. The number of unbranched alkanes of at least 4 members (excludes halogenated alkanes) is 8. The first-order valence-electron chi connectivity index (χ1n) is 13.0. The molecule has 0 saturated heterocycles. The van der Waals surface area contributed by atoms with Gasteiger partial charge in [-0.2, -0.15) is 0 Å². The van der Waals surface area contributed by atoms with Crippen molar-refractivity contribution in [3.63, 3.8) is 0 Å². The van der Waals surface area contributed by atoms with E-state index in [-0.39, 0.29) is 0 Å². The van der Waals surface area contributed by atoms with E-state index in [4.69, 9.17) is 0 Å². The van der Waals surface area contributed by atoms with Crippen LogP contribution in [0.5, 0.6) is 0 Å². The lowest BCUT2D eigenvalue weighted by Crippen LogP contribution is -2.25. The maximum Gasteiger partial charge on any atom is 0.139 e. The highest BCUT2D eigenvalue weighted by atomic mass is 16.1. The van der Waals surface area contributed by atoms with Crippen molar-refractivity contribution in [2.45, 2.75) is 144 Å². The lowest BCUT2D eigenvalue weighted by molar-refractivity contribution is -0.128. The number of hydrogen-bond acceptors (Lipinski definition) is 1. The van der Waals surface area contributed by atoms with E-state index in [0.717, 1.165) is 25.7 Å². The van der Waals surface area contributed by atoms with Crippen LogP contribution in [-0.2, 0) is 4.79 Å². The predicted molar refractivity (Wildman–Crippen MR) is 127 cm³/mol. The molecular formula is C27H54O. The Morgan fingerprint density at radius 1 is 0.500 bits per heavy atom. The molecular weight excluding hydrogens is 340 g/mol. The second kappa shape index (κ2) is 18.7. The van der Waals surface area contributed by atoms with E-state index in [1.165, 1.54) is 77.0 Å². The fourth-order valence-electron chi connectivity index (χ4n) is 4.25. The third-order valence-electron chi connectivity index (χ3n) is 6.30. The molecule has 1 heteroatoms. The Morgan fingerprint density at radius 2 is 0.857 bits per heavy atom. The SMILES string of the molecule is CCCCCCCC(CCC(C)C)C(=O)C(CCCCCCC)CCC(C)C. The number of Topliss-reactive ketones (excluding diaryl/α,β-unsaturated/α-hetero) is 1. The summed E-state index contributed by atoms with van der Waals surface area (Å²) in [7, 11) is 0. The molecule has 0 N–H and O–H groups in total. The molecule has 0 aliphatic rings. The Labute approximate surface area is 178 Å². The minimum Gasteiger partial charge on any atom is -0.299 e. The largest absolute Gasteiger partial charge is 0.299 e. The molecule has 28 heavy (non-hydrogen) atoms. The summed E-state index contributed by atoms with van der Waals surface area (Å²) in [5, 5.41) is 0. The van der Waals surface area contributed by atoms with E-state index < -0.39 is 0 Å². The molecule has 0 fully saturated rings. The van der Waals surface area contributed by atoms with Crippen molar-refractivity contribution in [2.24, 2.45) is 23.7 Å². The molecule has 0 aromatic rings. The summed E-state index contributed by atoms with van der Waals surface area (Å²) in [6.45, 7) is 13.7. The number of hydrogen-bond donors (Lipinski definition) is 0. The molecule has 0 saturated carbocycles. The van der Waals surface area contributed by atoms with Gasteiger partial charge in [-0.15, -0.1) is 0 Å². The van der Waals surface area contributed by atoms with Crippen LogP contribution in [0, 0.1) is 23.7 Å². The van der Waals surface area contributed by atoms with Gasteiger partial charge >= 0.3 is 0 Å². The van der Waals surface area contributed by atoms with Crippen molar-refractivity contribution < 1.29 is 4.79 Å². The van der Waals surface area contributed by atoms with Gasteiger partial charge in [0.05, 0.1) is 0 Å². The van der Waals surface area contributed by atoms with Crippen LogP contribution < -0.4 is 0 Å². The third-order valence-corrected chi connectivity index (χ3v) is 6.30. The maximum atomic E-state index is 13.5. The van der Waals surface area contributed by atoms with Gasteiger partial charge in [-0.3, -0.25) is 4.79 Å². The van der Waals surface area contributed by atoms with Crippen molar-refractivity contribution in [2.75, 3.05) is 0 Å². The fourth-order valence-corrected chi connectivity index (χ4v) is 4.25. The molecule has 0 heterocycles. The molecule has 0 radical (unpaired) electrons. The first-order valence-corrected chi connectivity index (χ1v) is 13.0. The molecule has 0 spiro atoms. The molecule has 0 bridgehead atoms. The van der Waals surface area contributed by atoms with Gasteiger partial charge in [0.25, 0.3) is 0 Å². The molecule has 0 aromatic carbocycles. The summed E-state index contributed by atoms with van der Waals surface area (Å²) in [5.41, 5.74) is 0. The van der Waals surface area contributed by atoms with Crippen LogP contribution in [0.25, 0.3) is 0 Å². The molecule has 2 unspecified atom stereocenters. The van der Waals surface area contributed by atoms with Crippen LogP contribution in [0.4, 0.5) is 0 Å². The average molecular weight is 395 g/mol. The van der Waals surface area contributed by atoms with Crippen molar-refractivity contribution >= 4 is 5.78 Å². The van der Waals surface area contributed by atoms with Crippen LogP contribution in [0.3, 0.4) is 0 Å². The van der Waals surface area contributed by atoms with Crippen molar-refractivity contribution in [3.8, 4) is 0 Å². The smallest absolute Gasteiger partial charge is 0.139 e. The van der Waals surface area contributed by atoms with Crippen molar-refractivity contribution in [1.82, 2.24) is 0 Å². The Balaban J connectivity index is 4.75. The zero-order chi connectivity index (χ0) is 21.2. The van der Waals surface area contributed by atoms with Crippen LogP contribution in [-0.4, -0.2) is 5.78 Å². The third kappa shape index (κ3) is 15.6. The monoisotopic (exact) mass is 394 g/mol. The highest BCUT2D eigenvalue weighted by molar-refractivity contribution is 5.83. The van der Waals surface area contributed by atoms with Crippen LogP contribution in [0.2, 0.25) is 0 Å². The lowest BCUT2D eigenvalue weighted by Gasteiger charge is -2.24. The fraction of sp³-hybridized carbons (Fsp3) is 0.963. The summed E-state index contributed by atoms with van der Waals surface area (Å²) in [4.78, 5) is 13.5. The van der Waals surface area contributed by atoms with Gasteiger partial charge in [0.2, 0.25) is 0 Å². The number of rotatable bonds is 20. The Bertz CT molecular complexity index is 312. The van der Waals surface area contributed by atoms with Gasteiger partial charge in [0, 0.05) is 11.8 Å². The number of carbonyl (C=O) groups excluding carboxylic acids is 1. The number of ketones is 1. The molecule has 0 aromatic heterocycles. The Hall–Kier alpha value is -0.330. The summed E-state index contributed by atoms with van der Waals surface area (Å²) < 4.78 is 0. The van der Waals surface area contributed by atoms with Crippen LogP contribution in [0.15, 0.2) is 0 Å². The zero-order valence-electron chi connectivity index (χ0n) is 20.5. The molecule has 0 aliphatic carbocycles. The van der Waals surface area contributed by atoms with Gasteiger partial charge in [-0.1, -0.05) is 119 Å². The molecule has 168 valence electrons. The summed E-state index contributed by atoms with van der Waals surface area (Å²) in [5.74, 6) is 2.71. The normalized spacial score (nSPS) is 14.0. The van der Waals surface area contributed by atoms with Gasteiger partial charge in [0.15, 0.2) is 0 Å². The molecule has 1 nitrogen and oxygen atoms in total. The second-order valence-corrected chi connectivity index (χ2v) is 10.1. The summed E-state index contributed by atoms with van der Waals surface area (Å²) in [6.07, 6.45) is 20.0. The molecule has 0 rings (SSSR count). The highest BCUT2D eigenvalue weighted by Gasteiger charge is 2.26. The van der Waals surface area contributed by atoms with Gasteiger partial charge < -0.3 is 0 Å². The quantitative estimate of drug-likeness (QED) is 0.188. The van der Waals surface area contributed by atoms with Crippen LogP contribution >= 0.6 is 0 Å². The summed E-state index contributed by atoms with van der Waals surface area (Å²) in [6, 6.07) is 0. The lowest BCUT2D eigenvalue weighted by atomic mass is 9.79. The predicted octanol–water partition coefficient (Wildman–Crippen LogP) is 9.38. The minimum atomic E-state index is 0.330. The average Bonchev–Trinajstić information content (AvgIpc) is 2.65. The van der Waals surface area contributed by atoms with Crippen molar-refractivity contribution in [1.29, 1.82) is 0 Å². The molecule has 2 atom stereocenters. The topological polar surface area (TPSA) is 17.1 Å². The first-order chi connectivity index (χ1) is 13.4. The summed E-state index contributed by atoms with van der Waals surface area (Å²) >= 11 is 0. The maximum absolute atomic E-state index is 13.5. The van der Waals surface area contributed by atoms with E-state index in [0.29, 0.717) is 29.5 Å². The van der Waals surface area contributed by atoms with Gasteiger partial charge in [-0.25, -0.2) is 0 Å². The highest BCUT2D eigenvalue weighted by Crippen LogP contribution is 2.29. The molecule has 0 amide bonds. The Morgan fingerprint density at radius 3 is 1.18 bits per heavy atom. The first kappa shape index (κ1) is 27.7. The minimum absolute atomic E-state index is 0.330. The van der Waals surface area contributed by atoms with Gasteiger partial charge in [0.1, 0.15) is 5.78 Å². The standard InChI is InChI=1S/C27H54O/c1-7-9-11-13-15-17-25(21-19-23(3)4)27(28)26(22-20-24(5)6)18-16-14-12-10-8-2/h23-26H,7-22H2,1-6H3. The Kier molecular flexibility index (Phi) is 18.5. The zero-order valence-corrected chi connectivity index (χ0v) is 20.5. The van der Waals surface area contributed by atoms with E-state index in [1.54, 1.807) is 0 Å². The molecule has 0 aliphatic heterocycles.